The summed E-state index contributed by atoms with van der Waals surface area (Å²) in [5.74, 6) is 1.58. The van der Waals surface area contributed by atoms with Crippen LogP contribution in [-0.4, -0.2) is 6.54 Å². The summed E-state index contributed by atoms with van der Waals surface area (Å²) in [7, 11) is 0. The topological polar surface area (TPSA) is 12.0 Å². The lowest BCUT2D eigenvalue weighted by atomic mass is 9.86. The van der Waals surface area contributed by atoms with Crippen LogP contribution in [0.2, 0.25) is 0 Å². The predicted octanol–water partition coefficient (Wildman–Crippen LogP) is 3.70. The van der Waals surface area contributed by atoms with Gasteiger partial charge >= 0.3 is 0 Å². The Labute approximate surface area is 99.3 Å². The van der Waals surface area contributed by atoms with Crippen LogP contribution in [0.15, 0.2) is 24.3 Å². The molecule has 2 rings (SSSR count). The van der Waals surface area contributed by atoms with Crippen LogP contribution in [0.3, 0.4) is 0 Å². The van der Waals surface area contributed by atoms with Crippen LogP contribution in [0.25, 0.3) is 0 Å². The van der Waals surface area contributed by atoms with Gasteiger partial charge in [-0.15, -0.1) is 0 Å². The molecular weight excluding hydrogens is 194 g/mol. The van der Waals surface area contributed by atoms with Gasteiger partial charge in [0.15, 0.2) is 0 Å². The third-order valence-electron chi connectivity index (χ3n) is 3.54. The highest BCUT2D eigenvalue weighted by molar-refractivity contribution is 5.32. The molecule has 1 N–H and O–H groups in total. The molecule has 0 bridgehead atoms. The molecular formula is C15H23N. The summed E-state index contributed by atoms with van der Waals surface area (Å²) in [6.45, 7) is 6.84. The lowest BCUT2D eigenvalue weighted by Gasteiger charge is -2.26. The maximum absolute atomic E-state index is 3.53. The van der Waals surface area contributed by atoms with E-state index in [1.807, 2.05) is 0 Å². The van der Waals surface area contributed by atoms with Gasteiger partial charge in [-0.3, -0.25) is 0 Å². The fourth-order valence-corrected chi connectivity index (χ4v) is 2.61. The SMILES string of the molecule is CC(C)CCCC1CNCc2ccccc21. The highest BCUT2D eigenvalue weighted by atomic mass is 14.9. The molecule has 1 aromatic carbocycles. The van der Waals surface area contributed by atoms with Crippen LogP contribution in [-0.2, 0) is 6.54 Å². The molecule has 1 heteroatoms. The van der Waals surface area contributed by atoms with Gasteiger partial charge in [-0.2, -0.15) is 0 Å². The Kier molecular flexibility index (Phi) is 4.00. The Morgan fingerprint density at radius 3 is 2.94 bits per heavy atom. The summed E-state index contributed by atoms with van der Waals surface area (Å²) < 4.78 is 0. The van der Waals surface area contributed by atoms with E-state index in [0.717, 1.165) is 24.9 Å². The van der Waals surface area contributed by atoms with Crippen molar-refractivity contribution in [1.82, 2.24) is 5.32 Å². The third kappa shape index (κ3) is 2.85. The summed E-state index contributed by atoms with van der Waals surface area (Å²) in [6.07, 6.45) is 4.05. The van der Waals surface area contributed by atoms with Gasteiger partial charge in [0.25, 0.3) is 0 Å². The number of rotatable bonds is 4. The normalized spacial score (nSPS) is 19.8. The zero-order valence-electron chi connectivity index (χ0n) is 10.5. The number of fused-ring (bicyclic) bond motifs is 1. The van der Waals surface area contributed by atoms with Crippen molar-refractivity contribution in [3.8, 4) is 0 Å². The van der Waals surface area contributed by atoms with Gasteiger partial charge in [-0.25, -0.2) is 0 Å². The first-order chi connectivity index (χ1) is 7.77. The lowest BCUT2D eigenvalue weighted by Crippen LogP contribution is -2.28. The van der Waals surface area contributed by atoms with Gasteiger partial charge in [-0.05, 0) is 29.4 Å². The average molecular weight is 217 g/mol. The highest BCUT2D eigenvalue weighted by Crippen LogP contribution is 2.28. The molecule has 0 aliphatic carbocycles. The van der Waals surface area contributed by atoms with E-state index in [1.54, 1.807) is 5.56 Å². The standard InChI is InChI=1S/C15H23N/c1-12(2)6-5-8-14-11-16-10-13-7-3-4-9-15(13)14/h3-4,7,9,12,14,16H,5-6,8,10-11H2,1-2H3. The molecule has 0 spiro atoms. The van der Waals surface area contributed by atoms with E-state index < -0.39 is 0 Å². The van der Waals surface area contributed by atoms with E-state index in [0.29, 0.717) is 0 Å². The second kappa shape index (κ2) is 5.49. The van der Waals surface area contributed by atoms with Crippen molar-refractivity contribution >= 4 is 0 Å². The average Bonchev–Trinajstić information content (AvgIpc) is 2.29. The van der Waals surface area contributed by atoms with Crippen molar-refractivity contribution in [2.45, 2.75) is 45.6 Å². The fourth-order valence-electron chi connectivity index (χ4n) is 2.61. The second-order valence-electron chi connectivity index (χ2n) is 5.35. The minimum atomic E-state index is 0.740. The minimum absolute atomic E-state index is 0.740. The van der Waals surface area contributed by atoms with Crippen molar-refractivity contribution in [3.63, 3.8) is 0 Å². The summed E-state index contributed by atoms with van der Waals surface area (Å²) in [5, 5.41) is 3.53. The maximum Gasteiger partial charge on any atom is 0.0208 e. The van der Waals surface area contributed by atoms with E-state index in [4.69, 9.17) is 0 Å². The number of hydrogen-bond donors (Lipinski definition) is 1. The van der Waals surface area contributed by atoms with E-state index in [-0.39, 0.29) is 0 Å². The smallest absolute Gasteiger partial charge is 0.0208 e. The minimum Gasteiger partial charge on any atom is -0.312 e. The van der Waals surface area contributed by atoms with Crippen LogP contribution in [0.5, 0.6) is 0 Å². The molecule has 1 atom stereocenters. The quantitative estimate of drug-likeness (QED) is 0.811. The Morgan fingerprint density at radius 2 is 2.12 bits per heavy atom. The van der Waals surface area contributed by atoms with Gasteiger partial charge in [0.1, 0.15) is 0 Å². The van der Waals surface area contributed by atoms with Crippen molar-refractivity contribution in [2.24, 2.45) is 5.92 Å². The van der Waals surface area contributed by atoms with Crippen molar-refractivity contribution in [1.29, 1.82) is 0 Å². The van der Waals surface area contributed by atoms with E-state index in [9.17, 15) is 0 Å². The van der Waals surface area contributed by atoms with Crippen molar-refractivity contribution < 1.29 is 0 Å². The lowest BCUT2D eigenvalue weighted by molar-refractivity contribution is 0.462. The number of hydrogen-bond acceptors (Lipinski definition) is 1. The Morgan fingerprint density at radius 1 is 1.31 bits per heavy atom. The van der Waals surface area contributed by atoms with E-state index >= 15 is 0 Å². The molecule has 1 nitrogen and oxygen atoms in total. The molecule has 1 unspecified atom stereocenters. The zero-order chi connectivity index (χ0) is 11.4. The molecule has 1 aliphatic rings. The van der Waals surface area contributed by atoms with Crippen LogP contribution in [0.1, 0.15) is 50.2 Å². The van der Waals surface area contributed by atoms with Crippen molar-refractivity contribution in [2.75, 3.05) is 6.54 Å². The molecule has 1 heterocycles. The molecule has 16 heavy (non-hydrogen) atoms. The summed E-state index contributed by atoms with van der Waals surface area (Å²) in [5.41, 5.74) is 3.09. The molecule has 0 fully saturated rings. The largest absolute Gasteiger partial charge is 0.312 e. The van der Waals surface area contributed by atoms with Gasteiger partial charge in [0.2, 0.25) is 0 Å². The molecule has 0 saturated carbocycles. The van der Waals surface area contributed by atoms with Gasteiger partial charge in [0.05, 0.1) is 0 Å². The van der Waals surface area contributed by atoms with E-state index in [2.05, 4.69) is 43.4 Å². The van der Waals surface area contributed by atoms with Gasteiger partial charge in [-0.1, -0.05) is 51.0 Å². The summed E-state index contributed by atoms with van der Waals surface area (Å²) >= 11 is 0. The molecule has 0 aromatic heterocycles. The number of benzene rings is 1. The molecule has 1 aliphatic heterocycles. The second-order valence-corrected chi connectivity index (χ2v) is 5.35. The fraction of sp³-hybridized carbons (Fsp3) is 0.600. The zero-order valence-corrected chi connectivity index (χ0v) is 10.5. The van der Waals surface area contributed by atoms with Gasteiger partial charge in [0, 0.05) is 13.1 Å². The van der Waals surface area contributed by atoms with Gasteiger partial charge < -0.3 is 5.32 Å². The van der Waals surface area contributed by atoms with Crippen LogP contribution in [0.4, 0.5) is 0 Å². The third-order valence-corrected chi connectivity index (χ3v) is 3.54. The predicted molar refractivity (Wildman–Crippen MR) is 69.6 cm³/mol. The van der Waals surface area contributed by atoms with Crippen LogP contribution >= 0.6 is 0 Å². The Balaban J connectivity index is 1.96. The van der Waals surface area contributed by atoms with Crippen LogP contribution < -0.4 is 5.32 Å². The number of nitrogens with one attached hydrogen (secondary N) is 1. The monoisotopic (exact) mass is 217 g/mol. The van der Waals surface area contributed by atoms with Crippen LogP contribution in [0, 0.1) is 5.92 Å². The Bertz CT molecular complexity index is 330. The first-order valence-electron chi connectivity index (χ1n) is 6.56. The molecule has 88 valence electrons. The molecule has 0 radical (unpaired) electrons. The van der Waals surface area contributed by atoms with Crippen molar-refractivity contribution in [3.05, 3.63) is 35.4 Å². The Hall–Kier alpha value is -0.820. The first kappa shape index (κ1) is 11.7. The highest BCUT2D eigenvalue weighted by Gasteiger charge is 2.18. The first-order valence-corrected chi connectivity index (χ1v) is 6.56. The van der Waals surface area contributed by atoms with E-state index in [1.165, 1.54) is 24.8 Å². The molecule has 1 aromatic rings. The summed E-state index contributed by atoms with van der Waals surface area (Å²) in [4.78, 5) is 0. The summed E-state index contributed by atoms with van der Waals surface area (Å²) in [6, 6.07) is 8.91. The molecule has 0 amide bonds. The molecule has 0 saturated heterocycles. The maximum atomic E-state index is 3.53.